The van der Waals surface area contributed by atoms with Crippen LogP contribution in [0.1, 0.15) is 75.2 Å². The van der Waals surface area contributed by atoms with Crippen LogP contribution in [-0.4, -0.2) is 51.8 Å². The molecule has 4 aromatic rings. The highest BCUT2D eigenvalue weighted by Gasteiger charge is 2.55. The van der Waals surface area contributed by atoms with E-state index >= 15 is 0 Å². The van der Waals surface area contributed by atoms with E-state index in [0.29, 0.717) is 6.61 Å². The van der Waals surface area contributed by atoms with E-state index in [2.05, 4.69) is 228 Å². The average Bonchev–Trinajstić information content (AvgIpc) is 3.11. The average molecular weight is 807 g/mol. The molecule has 0 bridgehead atoms. The second-order valence-electron chi connectivity index (χ2n) is 19.8. The van der Waals surface area contributed by atoms with E-state index in [1.807, 2.05) is 0 Å². The molecule has 0 amide bonds. The van der Waals surface area contributed by atoms with Crippen molar-refractivity contribution in [2.24, 2.45) is 0 Å². The number of rotatable bonds is 14. The Morgan fingerprint density at radius 1 is 0.491 bits per heavy atom. The summed E-state index contributed by atoms with van der Waals surface area (Å²) in [5, 5.41) is 4.73. The molecule has 0 saturated carbocycles. The molecule has 0 aliphatic rings. The molecular formula is C48H70O3Si4. The summed E-state index contributed by atoms with van der Waals surface area (Å²) in [7, 11) is -9.84. The zero-order valence-electron chi connectivity index (χ0n) is 36.5. The minimum atomic E-state index is -3.03. The van der Waals surface area contributed by atoms with Crippen molar-refractivity contribution < 1.29 is 13.3 Å². The first-order valence-electron chi connectivity index (χ1n) is 20.3. The van der Waals surface area contributed by atoms with Gasteiger partial charge in [-0.15, -0.1) is 5.54 Å². The molecule has 4 aromatic carbocycles. The molecule has 0 N–H and O–H groups in total. The molecule has 4 rings (SSSR count). The predicted molar refractivity (Wildman–Crippen MR) is 248 cm³/mol. The summed E-state index contributed by atoms with van der Waals surface area (Å²) in [6.45, 7) is 33.4. The Hall–Kier alpha value is -2.81. The summed E-state index contributed by atoms with van der Waals surface area (Å²) in [6.07, 6.45) is 0.819. The van der Waals surface area contributed by atoms with E-state index in [4.69, 9.17) is 13.3 Å². The fourth-order valence-electron chi connectivity index (χ4n) is 7.39. The lowest BCUT2D eigenvalue weighted by atomic mass is 10.1. The normalized spacial score (nSPS) is 14.5. The minimum absolute atomic E-state index is 0.134. The Labute approximate surface area is 340 Å². The smallest absolute Gasteiger partial charge is 0.262 e. The molecule has 0 spiro atoms. The summed E-state index contributed by atoms with van der Waals surface area (Å²) >= 11 is 0. The monoisotopic (exact) mass is 806 g/mol. The lowest BCUT2D eigenvalue weighted by Crippen LogP contribution is -2.71. The van der Waals surface area contributed by atoms with Crippen LogP contribution in [0.4, 0.5) is 0 Å². The quantitative estimate of drug-likeness (QED) is 0.0722. The first-order valence-corrected chi connectivity index (χ1v) is 30.5. The topological polar surface area (TPSA) is 27.7 Å². The van der Waals surface area contributed by atoms with Gasteiger partial charge in [0.25, 0.3) is 16.6 Å². The second-order valence-corrected chi connectivity index (χ2v) is 37.9. The molecule has 296 valence electrons. The van der Waals surface area contributed by atoms with Crippen molar-refractivity contribution in [1.82, 2.24) is 0 Å². The van der Waals surface area contributed by atoms with Crippen LogP contribution >= 0.6 is 0 Å². The number of hydrogen-bond donors (Lipinski definition) is 0. The standard InChI is InChI=1S/C48H70O3Si4/c1-46(2,3)53(13,14)49-38-27-36-44(50-54(47(4,5)6,40-28-19-15-20-29-40)41-30-21-16-22-31-41)45(37-39-52(10,11)12)51-55(48(7,8)9,42-32-23-17-24-33-42)43-34-25-18-26-35-43/h15-26,28-35,44-45H,27,36,38H2,1-14H3/t44-,45+/m0/s1. The van der Waals surface area contributed by atoms with Gasteiger partial charge in [-0.25, -0.2) is 0 Å². The highest BCUT2D eigenvalue weighted by atomic mass is 28.4. The summed E-state index contributed by atoms with van der Waals surface area (Å²) in [4.78, 5) is 0. The van der Waals surface area contributed by atoms with Crippen LogP contribution in [0.5, 0.6) is 0 Å². The van der Waals surface area contributed by atoms with Crippen molar-refractivity contribution in [3.8, 4) is 11.5 Å². The van der Waals surface area contributed by atoms with Gasteiger partial charge in [-0.05, 0) is 61.8 Å². The summed E-state index contributed by atoms with van der Waals surface area (Å²) in [5.41, 5.74) is 3.82. The molecule has 0 heterocycles. The third-order valence-corrected chi connectivity index (χ3v) is 26.8. The third kappa shape index (κ3) is 10.6. The molecule has 0 radical (unpaired) electrons. The van der Waals surface area contributed by atoms with Crippen molar-refractivity contribution in [3.63, 3.8) is 0 Å². The molecule has 55 heavy (non-hydrogen) atoms. The molecule has 0 fully saturated rings. The van der Waals surface area contributed by atoms with E-state index in [-0.39, 0.29) is 21.2 Å². The van der Waals surface area contributed by atoms with Crippen molar-refractivity contribution in [1.29, 1.82) is 0 Å². The lowest BCUT2D eigenvalue weighted by Gasteiger charge is -2.49. The van der Waals surface area contributed by atoms with Crippen molar-refractivity contribution in [2.45, 2.75) is 135 Å². The van der Waals surface area contributed by atoms with Crippen LogP contribution in [-0.2, 0) is 13.3 Å². The van der Waals surface area contributed by atoms with Gasteiger partial charge in [0.1, 0.15) is 14.2 Å². The minimum Gasteiger partial charge on any atom is -0.417 e. The van der Waals surface area contributed by atoms with Gasteiger partial charge in [-0.1, -0.05) is 209 Å². The van der Waals surface area contributed by atoms with E-state index in [1.165, 1.54) is 20.7 Å². The van der Waals surface area contributed by atoms with Gasteiger partial charge in [0.05, 0.1) is 6.10 Å². The fourth-order valence-corrected chi connectivity index (χ4v) is 18.4. The maximum Gasteiger partial charge on any atom is 0.262 e. The zero-order chi connectivity index (χ0) is 40.8. The lowest BCUT2D eigenvalue weighted by molar-refractivity contribution is 0.0637. The van der Waals surface area contributed by atoms with Crippen molar-refractivity contribution in [3.05, 3.63) is 121 Å². The van der Waals surface area contributed by atoms with Gasteiger partial charge in [0, 0.05) is 6.61 Å². The van der Waals surface area contributed by atoms with E-state index in [1.54, 1.807) is 0 Å². The Kier molecular flexibility index (Phi) is 14.5. The maximum atomic E-state index is 8.14. The van der Waals surface area contributed by atoms with Gasteiger partial charge < -0.3 is 13.3 Å². The highest BCUT2D eigenvalue weighted by molar-refractivity contribution is 7.00. The largest absolute Gasteiger partial charge is 0.417 e. The summed E-state index contributed by atoms with van der Waals surface area (Å²) < 4.78 is 23.0. The van der Waals surface area contributed by atoms with E-state index in [9.17, 15) is 0 Å². The second kappa shape index (κ2) is 17.8. The van der Waals surface area contributed by atoms with E-state index < -0.39 is 39.1 Å². The van der Waals surface area contributed by atoms with Crippen LogP contribution in [0.15, 0.2) is 121 Å². The first kappa shape index (κ1) is 44.9. The predicted octanol–water partition coefficient (Wildman–Crippen LogP) is 10.6. The molecule has 3 nitrogen and oxygen atoms in total. The third-order valence-electron chi connectivity index (χ3n) is 11.3. The Bertz CT molecular complexity index is 1750. The van der Waals surface area contributed by atoms with Crippen LogP contribution in [0.2, 0.25) is 47.8 Å². The molecule has 0 saturated heterocycles. The van der Waals surface area contributed by atoms with Gasteiger partial charge in [0.2, 0.25) is 0 Å². The first-order chi connectivity index (χ1) is 25.6. The molecule has 0 unspecified atom stereocenters. The number of benzene rings is 4. The fraction of sp³-hybridized carbons (Fsp3) is 0.458. The van der Waals surface area contributed by atoms with Gasteiger partial charge in [0.15, 0.2) is 8.32 Å². The Morgan fingerprint density at radius 3 is 1.15 bits per heavy atom. The van der Waals surface area contributed by atoms with Crippen LogP contribution < -0.4 is 20.7 Å². The Morgan fingerprint density at radius 2 is 0.836 bits per heavy atom. The van der Waals surface area contributed by atoms with Gasteiger partial charge in [-0.3, -0.25) is 0 Å². The Balaban J connectivity index is 2.02. The molecule has 0 aliphatic heterocycles. The number of hydrogen-bond acceptors (Lipinski definition) is 3. The van der Waals surface area contributed by atoms with E-state index in [0.717, 1.165) is 12.8 Å². The van der Waals surface area contributed by atoms with Gasteiger partial charge >= 0.3 is 0 Å². The SMILES string of the molecule is CC(C)(C)[Si](C)(C)OCCC[C@H](O[Si](c1ccccc1)(c1ccccc1)C(C)(C)C)[C@@H](C#C[Si](C)(C)C)O[Si](c1ccccc1)(c1ccccc1)C(C)(C)C. The van der Waals surface area contributed by atoms with Crippen LogP contribution in [0.3, 0.4) is 0 Å². The maximum absolute atomic E-state index is 8.14. The highest BCUT2D eigenvalue weighted by Crippen LogP contribution is 2.42. The van der Waals surface area contributed by atoms with Crippen LogP contribution in [0, 0.1) is 11.5 Å². The summed E-state index contributed by atoms with van der Waals surface area (Å²) in [6, 6.07) is 44.0. The van der Waals surface area contributed by atoms with Crippen molar-refractivity contribution >= 4 is 53.8 Å². The van der Waals surface area contributed by atoms with Crippen molar-refractivity contribution in [2.75, 3.05) is 6.61 Å². The molecule has 0 aromatic heterocycles. The molecular weight excluding hydrogens is 737 g/mol. The molecule has 0 aliphatic carbocycles. The van der Waals surface area contributed by atoms with Gasteiger partial charge in [-0.2, -0.15) is 0 Å². The summed E-state index contributed by atoms with van der Waals surface area (Å²) in [5.74, 6) is 3.87. The van der Waals surface area contributed by atoms with Crippen LogP contribution in [0.25, 0.3) is 0 Å². The zero-order valence-corrected chi connectivity index (χ0v) is 40.5. The molecule has 2 atom stereocenters. The molecule has 7 heteroatoms.